The molecule has 0 aromatic heterocycles. The zero-order valence-electron chi connectivity index (χ0n) is 11.3. The molecule has 0 aliphatic heterocycles. The van der Waals surface area contributed by atoms with Crippen LogP contribution in [0.2, 0.25) is 5.02 Å². The van der Waals surface area contributed by atoms with Crippen molar-refractivity contribution in [2.75, 3.05) is 6.54 Å². The minimum Gasteiger partial charge on any atom is -0.310 e. The van der Waals surface area contributed by atoms with Gasteiger partial charge in [0.25, 0.3) is 0 Å². The van der Waals surface area contributed by atoms with Crippen molar-refractivity contribution in [2.24, 2.45) is 5.92 Å². The van der Waals surface area contributed by atoms with Gasteiger partial charge in [0.2, 0.25) is 0 Å². The lowest BCUT2D eigenvalue weighted by molar-refractivity contribution is 0.286. The van der Waals surface area contributed by atoms with Gasteiger partial charge in [0.15, 0.2) is 0 Å². The molecule has 0 radical (unpaired) electrons. The molecular formula is C16H24ClN. The van der Waals surface area contributed by atoms with E-state index in [-0.39, 0.29) is 0 Å². The van der Waals surface area contributed by atoms with E-state index in [0.29, 0.717) is 6.04 Å². The molecule has 0 saturated heterocycles. The van der Waals surface area contributed by atoms with E-state index >= 15 is 0 Å². The topological polar surface area (TPSA) is 12.0 Å². The second-order valence-corrected chi connectivity index (χ2v) is 5.87. The Kier molecular flexibility index (Phi) is 5.52. The first-order chi connectivity index (χ1) is 8.79. The van der Waals surface area contributed by atoms with Crippen LogP contribution in [-0.4, -0.2) is 6.54 Å². The Bertz CT molecular complexity index is 343. The maximum absolute atomic E-state index is 5.95. The molecule has 1 fully saturated rings. The molecule has 1 unspecified atom stereocenters. The highest BCUT2D eigenvalue weighted by Gasteiger charge is 2.17. The van der Waals surface area contributed by atoms with Crippen molar-refractivity contribution in [1.29, 1.82) is 0 Å². The monoisotopic (exact) mass is 265 g/mol. The van der Waals surface area contributed by atoms with Crippen LogP contribution in [0, 0.1) is 5.92 Å². The standard InChI is InChI=1S/C16H24ClN/c1-2-4-16(14-7-9-15(17)10-8-14)18-12-11-13-5-3-6-13/h7-10,13,16,18H,2-6,11-12H2,1H3. The average molecular weight is 266 g/mol. The zero-order chi connectivity index (χ0) is 12.8. The molecule has 100 valence electrons. The van der Waals surface area contributed by atoms with Crippen LogP contribution in [0.25, 0.3) is 0 Å². The fourth-order valence-electron chi connectivity index (χ4n) is 2.61. The molecule has 0 heterocycles. The lowest BCUT2D eigenvalue weighted by atomic mass is 9.83. The van der Waals surface area contributed by atoms with Gasteiger partial charge in [-0.2, -0.15) is 0 Å². The summed E-state index contributed by atoms with van der Waals surface area (Å²) in [7, 11) is 0. The molecule has 1 saturated carbocycles. The van der Waals surface area contributed by atoms with Gasteiger partial charge in [-0.05, 0) is 43.0 Å². The van der Waals surface area contributed by atoms with Crippen LogP contribution >= 0.6 is 11.6 Å². The van der Waals surface area contributed by atoms with Gasteiger partial charge < -0.3 is 5.32 Å². The van der Waals surface area contributed by atoms with Crippen LogP contribution in [0.3, 0.4) is 0 Å². The van der Waals surface area contributed by atoms with Crippen molar-refractivity contribution >= 4 is 11.6 Å². The molecule has 1 aromatic carbocycles. The van der Waals surface area contributed by atoms with E-state index in [0.717, 1.165) is 17.5 Å². The minimum absolute atomic E-state index is 0.493. The van der Waals surface area contributed by atoms with Crippen LogP contribution < -0.4 is 5.32 Å². The Morgan fingerprint density at radius 1 is 1.28 bits per heavy atom. The third-order valence-electron chi connectivity index (χ3n) is 4.02. The summed E-state index contributed by atoms with van der Waals surface area (Å²) in [4.78, 5) is 0. The summed E-state index contributed by atoms with van der Waals surface area (Å²) >= 11 is 5.95. The number of hydrogen-bond donors (Lipinski definition) is 1. The molecule has 18 heavy (non-hydrogen) atoms. The summed E-state index contributed by atoms with van der Waals surface area (Å²) in [5.74, 6) is 0.991. The Balaban J connectivity index is 1.83. The first-order valence-electron chi connectivity index (χ1n) is 7.28. The molecule has 1 nitrogen and oxygen atoms in total. The van der Waals surface area contributed by atoms with Gasteiger partial charge in [0.05, 0.1) is 0 Å². The molecule has 0 amide bonds. The van der Waals surface area contributed by atoms with E-state index in [4.69, 9.17) is 11.6 Å². The van der Waals surface area contributed by atoms with Crippen molar-refractivity contribution in [1.82, 2.24) is 5.32 Å². The van der Waals surface area contributed by atoms with Crippen molar-refractivity contribution in [3.63, 3.8) is 0 Å². The van der Waals surface area contributed by atoms with E-state index in [9.17, 15) is 0 Å². The van der Waals surface area contributed by atoms with E-state index in [1.54, 1.807) is 0 Å². The van der Waals surface area contributed by atoms with Crippen LogP contribution in [0.5, 0.6) is 0 Å². The molecule has 1 N–H and O–H groups in total. The van der Waals surface area contributed by atoms with Gasteiger partial charge in [-0.25, -0.2) is 0 Å². The van der Waals surface area contributed by atoms with Gasteiger partial charge in [-0.15, -0.1) is 0 Å². The van der Waals surface area contributed by atoms with E-state index in [2.05, 4.69) is 24.4 Å². The van der Waals surface area contributed by atoms with Gasteiger partial charge >= 0.3 is 0 Å². The predicted octanol–water partition coefficient (Wildman–Crippen LogP) is 4.96. The maximum Gasteiger partial charge on any atom is 0.0406 e. The van der Waals surface area contributed by atoms with Crippen LogP contribution in [0.4, 0.5) is 0 Å². The van der Waals surface area contributed by atoms with E-state index in [1.807, 2.05) is 12.1 Å². The first-order valence-corrected chi connectivity index (χ1v) is 7.66. The molecule has 1 aliphatic rings. The van der Waals surface area contributed by atoms with Crippen LogP contribution in [-0.2, 0) is 0 Å². The second kappa shape index (κ2) is 7.16. The van der Waals surface area contributed by atoms with E-state index in [1.165, 1.54) is 44.1 Å². The maximum atomic E-state index is 5.95. The Morgan fingerprint density at radius 2 is 2.00 bits per heavy atom. The molecule has 2 rings (SSSR count). The Morgan fingerprint density at radius 3 is 2.56 bits per heavy atom. The lowest BCUT2D eigenvalue weighted by Crippen LogP contribution is -2.25. The normalized spacial score (nSPS) is 17.4. The summed E-state index contributed by atoms with van der Waals surface area (Å²) in [6.45, 7) is 3.40. The Hall–Kier alpha value is -0.530. The molecule has 0 bridgehead atoms. The molecule has 1 aromatic rings. The third kappa shape index (κ3) is 4.00. The molecular weight excluding hydrogens is 242 g/mol. The quantitative estimate of drug-likeness (QED) is 0.735. The fourth-order valence-corrected chi connectivity index (χ4v) is 2.74. The van der Waals surface area contributed by atoms with Crippen LogP contribution in [0.15, 0.2) is 24.3 Å². The zero-order valence-corrected chi connectivity index (χ0v) is 12.0. The van der Waals surface area contributed by atoms with Crippen molar-refractivity contribution < 1.29 is 0 Å². The fraction of sp³-hybridized carbons (Fsp3) is 0.625. The summed E-state index contributed by atoms with van der Waals surface area (Å²) < 4.78 is 0. The predicted molar refractivity (Wildman–Crippen MR) is 79.1 cm³/mol. The Labute approximate surface area is 116 Å². The highest BCUT2D eigenvalue weighted by atomic mass is 35.5. The smallest absolute Gasteiger partial charge is 0.0406 e. The highest BCUT2D eigenvalue weighted by Crippen LogP contribution is 2.29. The molecule has 1 aliphatic carbocycles. The summed E-state index contributed by atoms with van der Waals surface area (Å²) in [6.07, 6.45) is 8.09. The number of benzene rings is 1. The molecule has 2 heteroatoms. The number of hydrogen-bond acceptors (Lipinski definition) is 1. The minimum atomic E-state index is 0.493. The molecule has 0 spiro atoms. The first kappa shape index (κ1) is 13.9. The lowest BCUT2D eigenvalue weighted by Gasteiger charge is -2.27. The number of halogens is 1. The average Bonchev–Trinajstić information content (AvgIpc) is 2.32. The van der Waals surface area contributed by atoms with Gasteiger partial charge in [0.1, 0.15) is 0 Å². The SMILES string of the molecule is CCCC(NCCC1CCC1)c1ccc(Cl)cc1. The second-order valence-electron chi connectivity index (χ2n) is 5.43. The van der Waals surface area contributed by atoms with Crippen molar-refractivity contribution in [3.05, 3.63) is 34.9 Å². The summed E-state index contributed by atoms with van der Waals surface area (Å²) in [6, 6.07) is 8.78. The number of nitrogens with one attached hydrogen (secondary N) is 1. The highest BCUT2D eigenvalue weighted by molar-refractivity contribution is 6.30. The summed E-state index contributed by atoms with van der Waals surface area (Å²) in [5.41, 5.74) is 1.37. The van der Waals surface area contributed by atoms with Crippen molar-refractivity contribution in [3.8, 4) is 0 Å². The third-order valence-corrected chi connectivity index (χ3v) is 4.27. The number of rotatable bonds is 7. The largest absolute Gasteiger partial charge is 0.310 e. The van der Waals surface area contributed by atoms with Gasteiger partial charge in [0, 0.05) is 11.1 Å². The summed E-state index contributed by atoms with van der Waals surface area (Å²) in [5, 5.41) is 4.54. The van der Waals surface area contributed by atoms with Gasteiger partial charge in [-0.3, -0.25) is 0 Å². The molecule has 1 atom stereocenters. The van der Waals surface area contributed by atoms with E-state index < -0.39 is 0 Å². The van der Waals surface area contributed by atoms with Crippen LogP contribution in [0.1, 0.15) is 57.1 Å². The van der Waals surface area contributed by atoms with Gasteiger partial charge in [-0.1, -0.05) is 56.3 Å². The van der Waals surface area contributed by atoms with Crippen molar-refractivity contribution in [2.45, 2.75) is 51.5 Å².